The van der Waals surface area contributed by atoms with Crippen LogP contribution in [-0.2, 0) is 0 Å². The van der Waals surface area contributed by atoms with Gasteiger partial charge in [0.05, 0.1) is 0 Å². The van der Waals surface area contributed by atoms with Crippen molar-refractivity contribution in [1.82, 2.24) is 0 Å². The normalized spacial score (nSPS) is 31.6. The second kappa shape index (κ2) is 3.59. The van der Waals surface area contributed by atoms with Gasteiger partial charge in [0, 0.05) is 22.9 Å². The number of allylic oxidation sites excluding steroid dienone is 2. The summed E-state index contributed by atoms with van der Waals surface area (Å²) in [5, 5.41) is 0. The summed E-state index contributed by atoms with van der Waals surface area (Å²) in [5.74, 6) is 2.39. The molecule has 3 heteroatoms. The van der Waals surface area contributed by atoms with Crippen molar-refractivity contribution in [3.63, 3.8) is 0 Å². The summed E-state index contributed by atoms with van der Waals surface area (Å²) < 4.78 is 0. The van der Waals surface area contributed by atoms with Gasteiger partial charge in [0.15, 0.2) is 0 Å². The van der Waals surface area contributed by atoms with E-state index >= 15 is 0 Å². The molecule has 0 saturated heterocycles. The Morgan fingerprint density at radius 1 is 1.55 bits per heavy atom. The highest BCUT2D eigenvalue weighted by molar-refractivity contribution is 8.03. The summed E-state index contributed by atoms with van der Waals surface area (Å²) in [6.07, 6.45) is 0. The summed E-state index contributed by atoms with van der Waals surface area (Å²) in [6.45, 7) is 4.31. The fraction of sp³-hybridized carbons (Fsp3) is 0.750. The second-order valence-corrected chi connectivity index (χ2v) is 4.88. The van der Waals surface area contributed by atoms with E-state index in [0.29, 0.717) is 11.8 Å². The van der Waals surface area contributed by atoms with Crippen molar-refractivity contribution in [3.05, 3.63) is 10.5 Å². The molecule has 0 nitrogen and oxygen atoms in total. The Morgan fingerprint density at radius 2 is 2.18 bits per heavy atom. The molecule has 0 N–H and O–H groups in total. The lowest BCUT2D eigenvalue weighted by molar-refractivity contribution is 0.532. The zero-order valence-electron chi connectivity index (χ0n) is 6.79. The van der Waals surface area contributed by atoms with Crippen LogP contribution < -0.4 is 0 Å². The molecule has 0 spiro atoms. The van der Waals surface area contributed by atoms with Gasteiger partial charge in [0.2, 0.25) is 0 Å². The SMILES string of the molecule is CC1=C(CCl)C(C)(CCl)CS1. The third kappa shape index (κ3) is 1.71. The number of alkyl halides is 2. The molecule has 0 radical (unpaired) electrons. The van der Waals surface area contributed by atoms with E-state index in [1.54, 1.807) is 0 Å². The van der Waals surface area contributed by atoms with E-state index in [1.165, 1.54) is 10.5 Å². The van der Waals surface area contributed by atoms with Crippen LogP contribution in [0, 0.1) is 5.41 Å². The van der Waals surface area contributed by atoms with Crippen LogP contribution in [0.2, 0.25) is 0 Å². The van der Waals surface area contributed by atoms with E-state index in [-0.39, 0.29) is 5.41 Å². The van der Waals surface area contributed by atoms with Gasteiger partial charge in [-0.3, -0.25) is 0 Å². The molecule has 1 atom stereocenters. The fourth-order valence-corrected chi connectivity index (χ4v) is 3.52. The standard InChI is InChI=1S/C8H12Cl2S/c1-6-7(3-9)8(2,4-10)5-11-6/h3-5H2,1-2H3. The van der Waals surface area contributed by atoms with Gasteiger partial charge in [0.25, 0.3) is 0 Å². The van der Waals surface area contributed by atoms with E-state index in [0.717, 1.165) is 5.75 Å². The van der Waals surface area contributed by atoms with E-state index < -0.39 is 0 Å². The maximum Gasteiger partial charge on any atom is 0.0450 e. The maximum absolute atomic E-state index is 5.88. The first kappa shape index (κ1) is 9.76. The molecule has 0 saturated carbocycles. The van der Waals surface area contributed by atoms with Gasteiger partial charge in [0.1, 0.15) is 0 Å². The molecule has 1 aliphatic rings. The molecule has 1 rings (SSSR count). The minimum absolute atomic E-state index is 0.151. The predicted octanol–water partition coefficient (Wildman–Crippen LogP) is 3.49. The zero-order valence-corrected chi connectivity index (χ0v) is 9.11. The lowest BCUT2D eigenvalue weighted by Crippen LogP contribution is -2.22. The zero-order chi connectivity index (χ0) is 8.48. The fourth-order valence-electron chi connectivity index (χ4n) is 1.24. The lowest BCUT2D eigenvalue weighted by Gasteiger charge is -2.22. The van der Waals surface area contributed by atoms with Crippen LogP contribution in [0.3, 0.4) is 0 Å². The van der Waals surface area contributed by atoms with Crippen LogP contribution in [-0.4, -0.2) is 17.5 Å². The van der Waals surface area contributed by atoms with Gasteiger partial charge in [-0.1, -0.05) is 6.92 Å². The molecule has 64 valence electrons. The van der Waals surface area contributed by atoms with Gasteiger partial charge in [-0.25, -0.2) is 0 Å². The average Bonchev–Trinajstić information content (AvgIpc) is 2.29. The smallest absolute Gasteiger partial charge is 0.0450 e. The molecule has 1 heterocycles. The van der Waals surface area contributed by atoms with Crippen LogP contribution in [0.5, 0.6) is 0 Å². The van der Waals surface area contributed by atoms with Crippen molar-refractivity contribution in [2.24, 2.45) is 5.41 Å². The maximum atomic E-state index is 5.88. The van der Waals surface area contributed by atoms with Crippen molar-refractivity contribution >= 4 is 35.0 Å². The monoisotopic (exact) mass is 210 g/mol. The Balaban J connectivity index is 2.87. The molecule has 0 aliphatic carbocycles. The van der Waals surface area contributed by atoms with Crippen molar-refractivity contribution < 1.29 is 0 Å². The van der Waals surface area contributed by atoms with E-state index in [4.69, 9.17) is 23.2 Å². The minimum Gasteiger partial charge on any atom is -0.130 e. The molecule has 0 aromatic rings. The molecule has 0 aromatic carbocycles. The summed E-state index contributed by atoms with van der Waals surface area (Å²) in [4.78, 5) is 1.36. The molecular formula is C8H12Cl2S. The highest BCUT2D eigenvalue weighted by atomic mass is 35.5. The molecule has 11 heavy (non-hydrogen) atoms. The van der Waals surface area contributed by atoms with Gasteiger partial charge < -0.3 is 0 Å². The molecule has 1 unspecified atom stereocenters. The lowest BCUT2D eigenvalue weighted by atomic mass is 9.87. The first-order valence-corrected chi connectivity index (χ1v) is 5.64. The summed E-state index contributed by atoms with van der Waals surface area (Å²) in [5.41, 5.74) is 1.48. The number of hydrogen-bond acceptors (Lipinski definition) is 1. The van der Waals surface area contributed by atoms with Gasteiger partial charge in [-0.05, 0) is 17.4 Å². The molecular weight excluding hydrogens is 199 g/mol. The Hall–Kier alpha value is 0.670. The van der Waals surface area contributed by atoms with Crippen molar-refractivity contribution in [3.8, 4) is 0 Å². The molecule has 0 aromatic heterocycles. The number of rotatable bonds is 2. The Bertz CT molecular complexity index is 189. The first-order valence-electron chi connectivity index (χ1n) is 3.59. The quantitative estimate of drug-likeness (QED) is 0.630. The van der Waals surface area contributed by atoms with Crippen LogP contribution in [0.25, 0.3) is 0 Å². The Kier molecular flexibility index (Phi) is 3.18. The van der Waals surface area contributed by atoms with Crippen LogP contribution >= 0.6 is 35.0 Å². The van der Waals surface area contributed by atoms with Crippen molar-refractivity contribution in [1.29, 1.82) is 0 Å². The van der Waals surface area contributed by atoms with Gasteiger partial charge in [-0.2, -0.15) is 0 Å². The van der Waals surface area contributed by atoms with E-state index in [2.05, 4.69) is 13.8 Å². The van der Waals surface area contributed by atoms with Gasteiger partial charge in [-0.15, -0.1) is 35.0 Å². The minimum atomic E-state index is 0.151. The Morgan fingerprint density at radius 3 is 2.55 bits per heavy atom. The first-order chi connectivity index (χ1) is 5.14. The summed E-state index contributed by atoms with van der Waals surface area (Å²) in [7, 11) is 0. The second-order valence-electron chi connectivity index (χ2n) is 3.15. The predicted molar refractivity (Wildman–Crippen MR) is 54.7 cm³/mol. The molecule has 0 bridgehead atoms. The molecule has 0 fully saturated rings. The molecule has 0 amide bonds. The molecule has 1 aliphatic heterocycles. The average molecular weight is 211 g/mol. The number of halogens is 2. The van der Waals surface area contributed by atoms with Crippen LogP contribution in [0.1, 0.15) is 13.8 Å². The third-order valence-corrected chi connectivity index (χ3v) is 4.51. The van der Waals surface area contributed by atoms with E-state index in [9.17, 15) is 0 Å². The third-order valence-electron chi connectivity index (χ3n) is 2.19. The number of hydrogen-bond donors (Lipinski definition) is 0. The van der Waals surface area contributed by atoms with Crippen LogP contribution in [0.15, 0.2) is 10.5 Å². The van der Waals surface area contributed by atoms with Gasteiger partial charge >= 0.3 is 0 Å². The Labute approximate surface area is 82.3 Å². The van der Waals surface area contributed by atoms with E-state index in [1.807, 2.05) is 11.8 Å². The summed E-state index contributed by atoms with van der Waals surface area (Å²) in [6, 6.07) is 0. The number of thioether (sulfide) groups is 1. The summed E-state index contributed by atoms with van der Waals surface area (Å²) >= 11 is 13.6. The highest BCUT2D eigenvalue weighted by Gasteiger charge is 2.34. The largest absolute Gasteiger partial charge is 0.130 e. The van der Waals surface area contributed by atoms with Crippen molar-refractivity contribution in [2.75, 3.05) is 17.5 Å². The van der Waals surface area contributed by atoms with Crippen molar-refractivity contribution in [2.45, 2.75) is 13.8 Å². The van der Waals surface area contributed by atoms with Crippen LogP contribution in [0.4, 0.5) is 0 Å². The highest BCUT2D eigenvalue weighted by Crippen LogP contribution is 2.45. The topological polar surface area (TPSA) is 0 Å².